The van der Waals surface area contributed by atoms with E-state index in [1.54, 1.807) is 13.8 Å². The third kappa shape index (κ3) is 6.61. The number of aliphatic hydroxyl groups excluding tert-OH is 1. The van der Waals surface area contributed by atoms with Gasteiger partial charge in [-0.2, -0.15) is 13.5 Å². The van der Waals surface area contributed by atoms with Gasteiger partial charge in [0.05, 0.1) is 12.7 Å². The standard InChI is InChI=1S/C12H25NO3.CH4.H2S/c1-7-16-12(15)11(10(6)14)13(8(2)3)9(4)5;;/h8-11,14H,7H2,1-6H3;1H4;1H2/t10-,11+;;/m1../s1. The predicted octanol–water partition coefficient (Wildman–Crippen LogP) is 2.17. The highest BCUT2D eigenvalue weighted by Crippen LogP contribution is 2.15. The minimum absolute atomic E-state index is 0. The molecule has 0 aliphatic heterocycles. The van der Waals surface area contributed by atoms with Crippen LogP contribution in [-0.4, -0.2) is 46.8 Å². The Hall–Kier alpha value is -0.260. The van der Waals surface area contributed by atoms with E-state index in [4.69, 9.17) is 4.74 Å². The summed E-state index contributed by atoms with van der Waals surface area (Å²) < 4.78 is 5.01. The molecule has 0 unspecified atom stereocenters. The van der Waals surface area contributed by atoms with Gasteiger partial charge in [0.15, 0.2) is 0 Å². The van der Waals surface area contributed by atoms with Gasteiger partial charge in [-0.05, 0) is 41.5 Å². The number of esters is 1. The molecule has 0 spiro atoms. The molecule has 5 heteroatoms. The van der Waals surface area contributed by atoms with Gasteiger partial charge in [-0.25, -0.2) is 0 Å². The first-order valence-corrected chi connectivity index (χ1v) is 5.95. The predicted molar refractivity (Wildman–Crippen MR) is 81.3 cm³/mol. The Morgan fingerprint density at radius 1 is 1.17 bits per heavy atom. The third-order valence-electron chi connectivity index (χ3n) is 2.50. The molecule has 0 heterocycles. The molecule has 0 radical (unpaired) electrons. The van der Waals surface area contributed by atoms with Crippen LogP contribution in [0.25, 0.3) is 0 Å². The van der Waals surface area contributed by atoms with Crippen molar-refractivity contribution in [2.75, 3.05) is 6.61 Å². The van der Waals surface area contributed by atoms with E-state index in [2.05, 4.69) is 0 Å². The van der Waals surface area contributed by atoms with Crippen LogP contribution in [0.15, 0.2) is 0 Å². The van der Waals surface area contributed by atoms with Gasteiger partial charge in [0, 0.05) is 12.1 Å². The van der Waals surface area contributed by atoms with Gasteiger partial charge < -0.3 is 9.84 Å². The van der Waals surface area contributed by atoms with E-state index < -0.39 is 12.1 Å². The van der Waals surface area contributed by atoms with Crippen LogP contribution in [-0.2, 0) is 9.53 Å². The van der Waals surface area contributed by atoms with Crippen molar-refractivity contribution >= 4 is 19.5 Å². The molecule has 112 valence electrons. The molecule has 0 bridgehead atoms. The average molecular weight is 281 g/mol. The Bertz CT molecular complexity index is 212. The van der Waals surface area contributed by atoms with E-state index >= 15 is 0 Å². The van der Waals surface area contributed by atoms with Crippen molar-refractivity contribution in [2.24, 2.45) is 0 Å². The fourth-order valence-corrected chi connectivity index (χ4v) is 2.03. The van der Waals surface area contributed by atoms with Gasteiger partial charge in [0.1, 0.15) is 6.04 Å². The van der Waals surface area contributed by atoms with Crippen LogP contribution in [0.5, 0.6) is 0 Å². The number of carbonyl (C=O) groups excluding carboxylic acids is 1. The van der Waals surface area contributed by atoms with Crippen molar-refractivity contribution < 1.29 is 14.6 Å². The maximum Gasteiger partial charge on any atom is 0.326 e. The zero-order valence-corrected chi connectivity index (χ0v) is 12.7. The Morgan fingerprint density at radius 3 is 1.78 bits per heavy atom. The van der Waals surface area contributed by atoms with Crippen LogP contribution in [0.1, 0.15) is 49.0 Å². The minimum Gasteiger partial charge on any atom is -0.465 e. The quantitative estimate of drug-likeness (QED) is 0.758. The number of carbonyl (C=O) groups is 1. The smallest absolute Gasteiger partial charge is 0.326 e. The Labute approximate surface area is 119 Å². The molecule has 0 aromatic rings. The number of hydrogen-bond donors (Lipinski definition) is 1. The van der Waals surface area contributed by atoms with Crippen molar-refractivity contribution in [1.29, 1.82) is 0 Å². The normalized spacial score (nSPS) is 13.9. The molecule has 0 aliphatic rings. The summed E-state index contributed by atoms with van der Waals surface area (Å²) in [7, 11) is 0. The minimum atomic E-state index is -0.733. The molecular weight excluding hydrogens is 250 g/mol. The number of rotatable bonds is 6. The number of ether oxygens (including phenoxy) is 1. The highest BCUT2D eigenvalue weighted by molar-refractivity contribution is 7.59. The van der Waals surface area contributed by atoms with E-state index in [9.17, 15) is 9.90 Å². The summed E-state index contributed by atoms with van der Waals surface area (Å²) in [5.74, 6) is -0.347. The molecule has 0 saturated heterocycles. The molecule has 1 N–H and O–H groups in total. The van der Waals surface area contributed by atoms with Gasteiger partial charge >= 0.3 is 5.97 Å². The summed E-state index contributed by atoms with van der Waals surface area (Å²) in [6.07, 6.45) is -0.733. The van der Waals surface area contributed by atoms with E-state index in [1.807, 2.05) is 32.6 Å². The van der Waals surface area contributed by atoms with Gasteiger partial charge in [0.2, 0.25) is 0 Å². The summed E-state index contributed by atoms with van der Waals surface area (Å²) >= 11 is 0. The maximum atomic E-state index is 11.8. The second kappa shape index (κ2) is 10.6. The fraction of sp³-hybridized carbons (Fsp3) is 0.923. The molecule has 0 fully saturated rings. The second-order valence-electron chi connectivity index (χ2n) is 4.57. The first-order chi connectivity index (χ1) is 7.32. The highest BCUT2D eigenvalue weighted by Gasteiger charge is 2.34. The summed E-state index contributed by atoms with van der Waals surface area (Å²) in [4.78, 5) is 13.8. The molecule has 18 heavy (non-hydrogen) atoms. The van der Waals surface area contributed by atoms with E-state index in [0.29, 0.717) is 6.61 Å². The Kier molecular flexibility index (Phi) is 13.5. The lowest BCUT2D eigenvalue weighted by atomic mass is 10.1. The Morgan fingerprint density at radius 2 is 1.56 bits per heavy atom. The molecule has 0 aromatic heterocycles. The maximum absolute atomic E-state index is 11.8. The number of nitrogens with zero attached hydrogens (tertiary/aromatic N) is 1. The molecule has 0 saturated carbocycles. The lowest BCUT2D eigenvalue weighted by Gasteiger charge is -2.37. The first-order valence-electron chi connectivity index (χ1n) is 5.95. The van der Waals surface area contributed by atoms with Crippen molar-refractivity contribution in [2.45, 2.75) is 73.2 Å². The fourth-order valence-electron chi connectivity index (χ4n) is 2.03. The van der Waals surface area contributed by atoms with Gasteiger partial charge in [-0.3, -0.25) is 9.69 Å². The lowest BCUT2D eigenvalue weighted by Crippen LogP contribution is -2.54. The van der Waals surface area contributed by atoms with Crippen LogP contribution in [0.2, 0.25) is 0 Å². The summed E-state index contributed by atoms with van der Waals surface area (Å²) in [6, 6.07) is -0.215. The van der Waals surface area contributed by atoms with Crippen LogP contribution in [0.3, 0.4) is 0 Å². The van der Waals surface area contributed by atoms with E-state index in [1.165, 1.54) is 0 Å². The average Bonchev–Trinajstić information content (AvgIpc) is 2.11. The van der Waals surface area contributed by atoms with Gasteiger partial charge in [0.25, 0.3) is 0 Å². The third-order valence-corrected chi connectivity index (χ3v) is 2.50. The van der Waals surface area contributed by atoms with Crippen LogP contribution in [0, 0.1) is 0 Å². The first kappa shape index (κ1) is 22.9. The lowest BCUT2D eigenvalue weighted by molar-refractivity contribution is -0.156. The zero-order valence-electron chi connectivity index (χ0n) is 11.7. The molecule has 4 nitrogen and oxygen atoms in total. The highest BCUT2D eigenvalue weighted by atomic mass is 32.1. The van der Waals surface area contributed by atoms with E-state index in [0.717, 1.165) is 0 Å². The molecule has 0 aliphatic carbocycles. The van der Waals surface area contributed by atoms with Crippen molar-refractivity contribution in [3.05, 3.63) is 0 Å². The monoisotopic (exact) mass is 281 g/mol. The van der Waals surface area contributed by atoms with Crippen molar-refractivity contribution in [3.63, 3.8) is 0 Å². The van der Waals surface area contributed by atoms with Gasteiger partial charge in [-0.15, -0.1) is 0 Å². The van der Waals surface area contributed by atoms with Crippen LogP contribution < -0.4 is 0 Å². The largest absolute Gasteiger partial charge is 0.465 e. The second-order valence-corrected chi connectivity index (χ2v) is 4.57. The summed E-state index contributed by atoms with van der Waals surface area (Å²) in [6.45, 7) is 11.8. The zero-order chi connectivity index (χ0) is 12.9. The van der Waals surface area contributed by atoms with Crippen molar-refractivity contribution in [3.8, 4) is 0 Å². The van der Waals surface area contributed by atoms with Crippen molar-refractivity contribution in [1.82, 2.24) is 4.90 Å². The molecule has 0 aromatic carbocycles. The van der Waals surface area contributed by atoms with E-state index in [-0.39, 0.29) is 39.0 Å². The molecule has 0 amide bonds. The molecule has 0 rings (SSSR count). The van der Waals surface area contributed by atoms with Gasteiger partial charge in [-0.1, -0.05) is 7.43 Å². The summed E-state index contributed by atoms with van der Waals surface area (Å²) in [5.41, 5.74) is 0. The molecular formula is C13H31NO3S. The number of hydrogen-bond acceptors (Lipinski definition) is 4. The van der Waals surface area contributed by atoms with Crippen LogP contribution in [0.4, 0.5) is 0 Å². The Balaban J connectivity index is -0.00000112. The van der Waals surface area contributed by atoms with Crippen LogP contribution >= 0.6 is 13.5 Å². The topological polar surface area (TPSA) is 49.8 Å². The number of aliphatic hydroxyl groups is 1. The SMILES string of the molecule is C.CCOC(=O)[C@H]([C@@H](C)O)N(C(C)C)C(C)C.S. The summed E-state index contributed by atoms with van der Waals surface area (Å²) in [5, 5.41) is 9.73. The molecule has 2 atom stereocenters.